The van der Waals surface area contributed by atoms with Crippen LogP contribution in [0, 0.1) is 0 Å². The van der Waals surface area contributed by atoms with Crippen LogP contribution < -0.4 is 4.74 Å². The van der Waals surface area contributed by atoms with Crippen LogP contribution in [0.5, 0.6) is 5.88 Å². The summed E-state index contributed by atoms with van der Waals surface area (Å²) in [6.07, 6.45) is 0.385. The maximum Gasteiger partial charge on any atom is 0.344 e. The van der Waals surface area contributed by atoms with Crippen LogP contribution in [0.3, 0.4) is 0 Å². The zero-order valence-electron chi connectivity index (χ0n) is 10.5. The Labute approximate surface area is 105 Å². The summed E-state index contributed by atoms with van der Waals surface area (Å²) in [5.74, 6) is -0.569. The van der Waals surface area contributed by atoms with Gasteiger partial charge in [-0.25, -0.2) is 4.79 Å². The number of rotatable bonds is 5. The molecule has 1 N–H and O–H groups in total. The number of nitrogens with zero attached hydrogens (tertiary/aromatic N) is 2. The van der Waals surface area contributed by atoms with E-state index in [0.29, 0.717) is 12.3 Å². The second-order valence-corrected chi connectivity index (χ2v) is 4.18. The van der Waals surface area contributed by atoms with E-state index < -0.39 is 12.1 Å². The number of ether oxygens (including phenoxy) is 1. The Hall–Kier alpha value is -2.04. The smallest absolute Gasteiger partial charge is 0.344 e. The molecule has 0 aliphatic heterocycles. The number of hydrogen-bond donors (Lipinski definition) is 1. The SMILES string of the molecule is CCC[C@@H](Oc1nn(C)c2ccccc12)C(=O)O. The molecule has 18 heavy (non-hydrogen) atoms. The molecule has 1 atom stereocenters. The van der Waals surface area contributed by atoms with Gasteiger partial charge in [0, 0.05) is 7.05 Å². The van der Waals surface area contributed by atoms with Crippen molar-refractivity contribution < 1.29 is 14.6 Å². The Morgan fingerprint density at radius 1 is 1.50 bits per heavy atom. The molecule has 0 unspecified atom stereocenters. The van der Waals surface area contributed by atoms with Crippen molar-refractivity contribution in [3.63, 3.8) is 0 Å². The van der Waals surface area contributed by atoms with Gasteiger partial charge < -0.3 is 9.84 Å². The maximum atomic E-state index is 11.1. The molecule has 1 aromatic heterocycles. The van der Waals surface area contributed by atoms with Crippen LogP contribution in [0.4, 0.5) is 0 Å². The van der Waals surface area contributed by atoms with Crippen LogP contribution in [0.15, 0.2) is 24.3 Å². The molecule has 0 saturated heterocycles. The lowest BCUT2D eigenvalue weighted by Gasteiger charge is -2.12. The van der Waals surface area contributed by atoms with Crippen LogP contribution >= 0.6 is 0 Å². The van der Waals surface area contributed by atoms with Crippen molar-refractivity contribution >= 4 is 16.9 Å². The predicted molar refractivity (Wildman–Crippen MR) is 67.7 cm³/mol. The molecule has 5 heteroatoms. The van der Waals surface area contributed by atoms with Crippen molar-refractivity contribution in [2.75, 3.05) is 0 Å². The van der Waals surface area contributed by atoms with Crippen LogP contribution in [0.25, 0.3) is 10.9 Å². The number of carbonyl (C=O) groups is 1. The Bertz CT molecular complexity index is 562. The summed E-state index contributed by atoms with van der Waals surface area (Å²) in [4.78, 5) is 11.1. The standard InChI is InChI=1S/C13H16N2O3/c1-3-6-11(13(16)17)18-12-9-7-4-5-8-10(9)15(2)14-12/h4-5,7-8,11H,3,6H2,1-2H3,(H,16,17)/t11-/m1/s1. The number of aryl methyl sites for hydroxylation is 1. The minimum Gasteiger partial charge on any atom is -0.479 e. The first-order valence-corrected chi connectivity index (χ1v) is 5.94. The zero-order chi connectivity index (χ0) is 13.1. The van der Waals surface area contributed by atoms with Gasteiger partial charge in [-0.15, -0.1) is 5.10 Å². The van der Waals surface area contributed by atoms with Gasteiger partial charge in [-0.1, -0.05) is 25.5 Å². The number of carboxylic acid groups (broad SMARTS) is 1. The molecule has 0 bridgehead atoms. The zero-order valence-corrected chi connectivity index (χ0v) is 10.5. The fourth-order valence-corrected chi connectivity index (χ4v) is 1.90. The Morgan fingerprint density at radius 3 is 2.89 bits per heavy atom. The van der Waals surface area contributed by atoms with Crippen LogP contribution in [-0.4, -0.2) is 27.0 Å². The molecule has 2 aromatic rings. The molecule has 0 radical (unpaired) electrons. The van der Waals surface area contributed by atoms with E-state index in [-0.39, 0.29) is 0 Å². The topological polar surface area (TPSA) is 64.4 Å². The monoisotopic (exact) mass is 248 g/mol. The van der Waals surface area contributed by atoms with Crippen LogP contribution in [0.1, 0.15) is 19.8 Å². The predicted octanol–water partition coefficient (Wildman–Crippen LogP) is 2.21. The van der Waals surface area contributed by atoms with E-state index in [1.807, 2.05) is 38.2 Å². The third-order valence-electron chi connectivity index (χ3n) is 2.80. The molecule has 0 aliphatic carbocycles. The minimum absolute atomic E-state index is 0.383. The number of aliphatic carboxylic acids is 1. The highest BCUT2D eigenvalue weighted by molar-refractivity contribution is 5.85. The molecular weight excluding hydrogens is 232 g/mol. The molecule has 96 valence electrons. The molecule has 0 saturated carbocycles. The number of para-hydroxylation sites is 1. The number of carboxylic acids is 1. The fourth-order valence-electron chi connectivity index (χ4n) is 1.90. The molecule has 0 aliphatic rings. The summed E-state index contributed by atoms with van der Waals surface area (Å²) in [6, 6.07) is 7.59. The molecule has 1 heterocycles. The van der Waals surface area contributed by atoms with Crippen molar-refractivity contribution in [1.29, 1.82) is 0 Å². The van der Waals surface area contributed by atoms with Crippen molar-refractivity contribution in [3.05, 3.63) is 24.3 Å². The van der Waals surface area contributed by atoms with E-state index >= 15 is 0 Å². The largest absolute Gasteiger partial charge is 0.479 e. The van der Waals surface area contributed by atoms with E-state index in [1.165, 1.54) is 0 Å². The van der Waals surface area contributed by atoms with Crippen molar-refractivity contribution in [1.82, 2.24) is 9.78 Å². The lowest BCUT2D eigenvalue weighted by atomic mass is 10.2. The first-order chi connectivity index (χ1) is 8.63. The fraction of sp³-hybridized carbons (Fsp3) is 0.385. The van der Waals surface area contributed by atoms with E-state index in [4.69, 9.17) is 9.84 Å². The summed E-state index contributed by atoms with van der Waals surface area (Å²) < 4.78 is 7.21. The van der Waals surface area contributed by atoms with Crippen LogP contribution in [-0.2, 0) is 11.8 Å². The van der Waals surface area contributed by atoms with Gasteiger partial charge in [0.2, 0.25) is 5.88 Å². The molecule has 5 nitrogen and oxygen atoms in total. The van der Waals surface area contributed by atoms with Gasteiger partial charge in [-0.3, -0.25) is 4.68 Å². The van der Waals surface area contributed by atoms with E-state index in [9.17, 15) is 4.79 Å². The average Bonchev–Trinajstić information content (AvgIpc) is 2.66. The maximum absolute atomic E-state index is 11.1. The first-order valence-electron chi connectivity index (χ1n) is 5.94. The summed E-state index contributed by atoms with van der Waals surface area (Å²) >= 11 is 0. The van der Waals surface area contributed by atoms with Crippen molar-refractivity contribution in [2.45, 2.75) is 25.9 Å². The number of benzene rings is 1. The molecule has 0 fully saturated rings. The van der Waals surface area contributed by atoms with E-state index in [0.717, 1.165) is 17.3 Å². The molecule has 1 aromatic carbocycles. The lowest BCUT2D eigenvalue weighted by molar-refractivity contribution is -0.145. The highest BCUT2D eigenvalue weighted by atomic mass is 16.5. The minimum atomic E-state index is -0.952. The number of fused-ring (bicyclic) bond motifs is 1. The Balaban J connectivity index is 2.33. The van der Waals surface area contributed by atoms with Gasteiger partial charge in [0.15, 0.2) is 6.10 Å². The third-order valence-corrected chi connectivity index (χ3v) is 2.80. The second-order valence-electron chi connectivity index (χ2n) is 4.18. The summed E-state index contributed by atoms with van der Waals surface area (Å²) in [5, 5.41) is 14.1. The van der Waals surface area contributed by atoms with Crippen molar-refractivity contribution in [3.8, 4) is 5.88 Å². The Kier molecular flexibility index (Phi) is 3.50. The van der Waals surface area contributed by atoms with E-state index in [2.05, 4.69) is 5.10 Å². The highest BCUT2D eigenvalue weighted by Gasteiger charge is 2.21. The number of aromatic nitrogens is 2. The van der Waals surface area contributed by atoms with Gasteiger partial charge in [0.25, 0.3) is 0 Å². The number of hydrogen-bond acceptors (Lipinski definition) is 3. The summed E-state index contributed by atoms with van der Waals surface area (Å²) in [5.41, 5.74) is 0.924. The molecule has 0 amide bonds. The average molecular weight is 248 g/mol. The molecule has 2 rings (SSSR count). The third kappa shape index (κ3) is 2.30. The summed E-state index contributed by atoms with van der Waals surface area (Å²) in [7, 11) is 1.81. The molecular formula is C13H16N2O3. The van der Waals surface area contributed by atoms with Gasteiger partial charge in [0.05, 0.1) is 10.9 Å². The van der Waals surface area contributed by atoms with Crippen LogP contribution in [0.2, 0.25) is 0 Å². The second kappa shape index (κ2) is 5.08. The van der Waals surface area contributed by atoms with E-state index in [1.54, 1.807) is 4.68 Å². The van der Waals surface area contributed by atoms with Gasteiger partial charge in [-0.2, -0.15) is 0 Å². The van der Waals surface area contributed by atoms with Gasteiger partial charge in [-0.05, 0) is 18.6 Å². The Morgan fingerprint density at radius 2 is 2.22 bits per heavy atom. The lowest BCUT2D eigenvalue weighted by Crippen LogP contribution is -2.26. The first kappa shape index (κ1) is 12.4. The normalized spacial score (nSPS) is 12.6. The molecule has 0 spiro atoms. The summed E-state index contributed by atoms with van der Waals surface area (Å²) in [6.45, 7) is 1.93. The quantitative estimate of drug-likeness (QED) is 0.881. The van der Waals surface area contributed by atoms with Gasteiger partial charge in [0.1, 0.15) is 0 Å². The van der Waals surface area contributed by atoms with Crippen molar-refractivity contribution in [2.24, 2.45) is 7.05 Å². The van der Waals surface area contributed by atoms with Gasteiger partial charge >= 0.3 is 5.97 Å². The highest BCUT2D eigenvalue weighted by Crippen LogP contribution is 2.25.